The van der Waals surface area contributed by atoms with Crippen LogP contribution >= 0.6 is 11.6 Å². The number of hydrazine groups is 1. The summed E-state index contributed by atoms with van der Waals surface area (Å²) in [5.41, 5.74) is 5.47. The second-order valence-electron chi connectivity index (χ2n) is 7.98. The van der Waals surface area contributed by atoms with Crippen LogP contribution in [0.15, 0.2) is 36.4 Å². The van der Waals surface area contributed by atoms with Crippen LogP contribution in [-0.2, 0) is 0 Å². The van der Waals surface area contributed by atoms with Gasteiger partial charge >= 0.3 is 0 Å². The van der Waals surface area contributed by atoms with Crippen molar-refractivity contribution in [1.82, 2.24) is 4.98 Å². The number of hydrogen-bond acceptors (Lipinski definition) is 6. The summed E-state index contributed by atoms with van der Waals surface area (Å²) >= 11 is 6.15. The molecule has 0 bridgehead atoms. The van der Waals surface area contributed by atoms with Gasteiger partial charge in [0.1, 0.15) is 22.9 Å². The van der Waals surface area contributed by atoms with Gasteiger partial charge in [0.2, 0.25) is 0 Å². The van der Waals surface area contributed by atoms with Crippen molar-refractivity contribution >= 4 is 45.4 Å². The number of anilines is 4. The minimum Gasteiger partial charge on any atom is -0.382 e. The summed E-state index contributed by atoms with van der Waals surface area (Å²) in [6.45, 7) is 2.16. The fraction of sp³-hybridized carbons (Fsp3) is 0.261. The maximum Gasteiger partial charge on any atom is 0.256 e. The number of alkyl halides is 2. The van der Waals surface area contributed by atoms with Crippen molar-refractivity contribution in [3.8, 4) is 11.8 Å². The molecule has 0 aliphatic rings. The lowest BCUT2D eigenvalue weighted by atomic mass is 10.1. The average Bonchev–Trinajstić information content (AvgIpc) is 2.68. The van der Waals surface area contributed by atoms with E-state index in [1.807, 2.05) is 0 Å². The molecule has 0 aliphatic heterocycles. The molecule has 0 saturated carbocycles. The van der Waals surface area contributed by atoms with Crippen LogP contribution in [0.25, 0.3) is 10.8 Å². The number of nitrogens with two attached hydrogens (primary N) is 2. The fourth-order valence-corrected chi connectivity index (χ4v) is 3.50. The highest BCUT2D eigenvalue weighted by Gasteiger charge is 2.23. The molecule has 174 valence electrons. The van der Waals surface area contributed by atoms with E-state index in [1.54, 1.807) is 25.2 Å². The molecule has 0 atom stereocenters. The molecule has 1 aromatic heterocycles. The fourth-order valence-electron chi connectivity index (χ4n) is 3.33. The Bertz CT molecular complexity index is 1250. The van der Waals surface area contributed by atoms with Gasteiger partial charge in [-0.3, -0.25) is 0 Å². The summed E-state index contributed by atoms with van der Waals surface area (Å²) in [6.07, 6.45) is -2.78. The van der Waals surface area contributed by atoms with Gasteiger partial charge in [0.15, 0.2) is 5.82 Å². The van der Waals surface area contributed by atoms with Crippen LogP contribution in [0.5, 0.6) is 0 Å². The summed E-state index contributed by atoms with van der Waals surface area (Å²) in [5, 5.41) is 12.4. The number of aromatic nitrogens is 1. The average molecular weight is 478 g/mol. The van der Waals surface area contributed by atoms with E-state index < -0.39 is 24.4 Å². The maximum atomic E-state index is 14.4. The van der Waals surface area contributed by atoms with E-state index in [0.717, 1.165) is 17.0 Å². The van der Waals surface area contributed by atoms with Crippen molar-refractivity contribution in [1.29, 1.82) is 0 Å². The molecule has 0 amide bonds. The number of benzene rings is 2. The normalized spacial score (nSPS) is 11.5. The molecule has 10 heteroatoms. The van der Waals surface area contributed by atoms with Gasteiger partial charge in [0.05, 0.1) is 6.54 Å². The summed E-state index contributed by atoms with van der Waals surface area (Å²) in [4.78, 5) is 5.50. The largest absolute Gasteiger partial charge is 0.382 e. The summed E-state index contributed by atoms with van der Waals surface area (Å²) in [5.74, 6) is 10.5. The lowest BCUT2D eigenvalue weighted by Crippen LogP contribution is -2.29. The van der Waals surface area contributed by atoms with Crippen LogP contribution in [0, 0.1) is 17.7 Å². The first-order valence-electron chi connectivity index (χ1n) is 9.84. The van der Waals surface area contributed by atoms with Crippen LogP contribution in [0.1, 0.15) is 19.4 Å². The summed E-state index contributed by atoms with van der Waals surface area (Å²) < 4.78 is 41.7. The Labute approximate surface area is 194 Å². The quantitative estimate of drug-likeness (QED) is 0.286. The number of aliphatic hydroxyl groups is 1. The molecule has 3 aromatic rings. The van der Waals surface area contributed by atoms with Gasteiger partial charge in [-0.2, -0.15) is 0 Å². The van der Waals surface area contributed by atoms with Gasteiger partial charge in [0, 0.05) is 34.1 Å². The molecule has 3 rings (SSSR count). The Morgan fingerprint density at radius 2 is 1.88 bits per heavy atom. The standard InChI is InChI=1S/C23H23ClF3N5O/c1-23(2,33)7-6-13-8-15(25)11-16(9-13)32(12-19(26)27)22-17-5-4-14(24)10-18(17)20(31(3)29)21(28)30-22/h4-5,8-11,19,33H,12,29H2,1-3H3,(H2,28,30). The van der Waals surface area contributed by atoms with Gasteiger partial charge in [0.25, 0.3) is 6.43 Å². The Balaban J connectivity index is 2.28. The zero-order chi connectivity index (χ0) is 24.5. The monoisotopic (exact) mass is 477 g/mol. The Morgan fingerprint density at radius 1 is 1.18 bits per heavy atom. The van der Waals surface area contributed by atoms with Gasteiger partial charge in [-0.1, -0.05) is 23.4 Å². The molecule has 0 radical (unpaired) electrons. The lowest BCUT2D eigenvalue weighted by Gasteiger charge is -2.27. The van der Waals surface area contributed by atoms with Crippen LogP contribution in [0.3, 0.4) is 0 Å². The second kappa shape index (κ2) is 9.35. The topological polar surface area (TPSA) is 91.6 Å². The van der Waals surface area contributed by atoms with Crippen LogP contribution < -0.4 is 21.5 Å². The summed E-state index contributed by atoms with van der Waals surface area (Å²) in [6, 6.07) is 8.47. The van der Waals surface area contributed by atoms with Crippen molar-refractivity contribution in [3.63, 3.8) is 0 Å². The number of nitrogen functional groups attached to an aromatic ring is 1. The van der Waals surface area contributed by atoms with E-state index >= 15 is 0 Å². The SMILES string of the molecule is CN(N)c1c(N)nc(N(CC(F)F)c2cc(F)cc(C#CC(C)(C)O)c2)c2ccc(Cl)cc12. The number of halogens is 4. The first-order valence-corrected chi connectivity index (χ1v) is 10.2. The third-order valence-corrected chi connectivity index (χ3v) is 4.82. The molecule has 2 aromatic carbocycles. The van der Waals surface area contributed by atoms with E-state index in [0.29, 0.717) is 21.5 Å². The number of fused-ring (bicyclic) bond motifs is 1. The van der Waals surface area contributed by atoms with Crippen LogP contribution in [-0.4, -0.2) is 35.7 Å². The highest BCUT2D eigenvalue weighted by molar-refractivity contribution is 6.31. The molecule has 0 fully saturated rings. The van der Waals surface area contributed by atoms with Crippen molar-refractivity contribution in [2.45, 2.75) is 25.9 Å². The number of rotatable bonds is 5. The molecular weight excluding hydrogens is 455 g/mol. The predicted octanol–water partition coefficient (Wildman–Crippen LogP) is 4.45. The van der Waals surface area contributed by atoms with Gasteiger partial charge in [-0.05, 0) is 50.2 Å². The third-order valence-electron chi connectivity index (χ3n) is 4.58. The molecule has 0 spiro atoms. The van der Waals surface area contributed by atoms with Crippen molar-refractivity contribution in [2.24, 2.45) is 5.84 Å². The third kappa shape index (κ3) is 5.79. The molecule has 6 nitrogen and oxygen atoms in total. The van der Waals surface area contributed by atoms with E-state index in [4.69, 9.17) is 23.2 Å². The zero-order valence-electron chi connectivity index (χ0n) is 18.2. The Kier molecular flexibility index (Phi) is 6.93. The highest BCUT2D eigenvalue weighted by Crippen LogP contribution is 2.39. The number of hydrogen-bond donors (Lipinski definition) is 3. The molecule has 0 unspecified atom stereocenters. The first kappa shape index (κ1) is 24.5. The summed E-state index contributed by atoms with van der Waals surface area (Å²) in [7, 11) is 1.56. The van der Waals surface area contributed by atoms with Gasteiger partial charge < -0.3 is 20.7 Å². The molecule has 5 N–H and O–H groups in total. The molecule has 33 heavy (non-hydrogen) atoms. The lowest BCUT2D eigenvalue weighted by molar-refractivity contribution is 0.143. The van der Waals surface area contributed by atoms with E-state index in [2.05, 4.69) is 16.8 Å². The predicted molar refractivity (Wildman–Crippen MR) is 126 cm³/mol. The van der Waals surface area contributed by atoms with Crippen molar-refractivity contribution in [2.75, 3.05) is 29.2 Å². The van der Waals surface area contributed by atoms with Crippen LogP contribution in [0.2, 0.25) is 5.02 Å². The second-order valence-corrected chi connectivity index (χ2v) is 8.42. The minimum absolute atomic E-state index is 0.0116. The molecule has 0 saturated heterocycles. The van der Waals surface area contributed by atoms with Crippen molar-refractivity contribution in [3.05, 3.63) is 52.8 Å². The van der Waals surface area contributed by atoms with Gasteiger partial charge in [-0.15, -0.1) is 0 Å². The van der Waals surface area contributed by atoms with Crippen molar-refractivity contribution < 1.29 is 18.3 Å². The van der Waals surface area contributed by atoms with E-state index in [9.17, 15) is 18.3 Å². The molecule has 1 heterocycles. The minimum atomic E-state index is -2.78. The number of pyridine rings is 1. The first-order chi connectivity index (χ1) is 15.4. The molecule has 0 aliphatic carbocycles. The van der Waals surface area contributed by atoms with Gasteiger partial charge in [-0.25, -0.2) is 24.0 Å². The maximum absolute atomic E-state index is 14.4. The van der Waals surface area contributed by atoms with E-state index in [-0.39, 0.29) is 22.9 Å². The zero-order valence-corrected chi connectivity index (χ0v) is 19.0. The Hall–Kier alpha value is -3.19. The molecular formula is C23H23ClF3N5O. The number of nitrogens with zero attached hydrogens (tertiary/aromatic N) is 3. The van der Waals surface area contributed by atoms with E-state index in [1.165, 1.54) is 24.9 Å². The Morgan fingerprint density at radius 3 is 2.48 bits per heavy atom. The van der Waals surface area contributed by atoms with Crippen LogP contribution in [0.4, 0.5) is 36.2 Å². The highest BCUT2D eigenvalue weighted by atomic mass is 35.5. The smallest absolute Gasteiger partial charge is 0.256 e.